The molecule has 1 aromatic heterocycles. The first-order valence-electron chi connectivity index (χ1n) is 6.26. The molecule has 0 fully saturated rings. The lowest BCUT2D eigenvalue weighted by atomic mass is 10.1. The lowest BCUT2D eigenvalue weighted by Gasteiger charge is -2.10. The van der Waals surface area contributed by atoms with Gasteiger partial charge in [-0.25, -0.2) is 5.43 Å². The van der Waals surface area contributed by atoms with Gasteiger partial charge in [0, 0.05) is 11.6 Å². The van der Waals surface area contributed by atoms with Crippen LogP contribution in [0, 0.1) is 0 Å². The zero-order chi connectivity index (χ0) is 15.2. The quantitative estimate of drug-likeness (QED) is 0.682. The molecule has 0 unspecified atom stereocenters. The van der Waals surface area contributed by atoms with Crippen LogP contribution in [0.5, 0.6) is 11.5 Å². The van der Waals surface area contributed by atoms with Gasteiger partial charge in [-0.2, -0.15) is 5.10 Å². The molecule has 2 aromatic rings. The maximum Gasteiger partial charge on any atom is 0.281 e. The van der Waals surface area contributed by atoms with Gasteiger partial charge in [-0.05, 0) is 30.5 Å². The third kappa shape index (κ3) is 3.61. The van der Waals surface area contributed by atoms with Crippen LogP contribution in [0.4, 0.5) is 0 Å². The summed E-state index contributed by atoms with van der Waals surface area (Å²) in [7, 11) is 3.17. The third-order valence-electron chi connectivity index (χ3n) is 2.87. The zero-order valence-electron chi connectivity index (χ0n) is 12.0. The van der Waals surface area contributed by atoms with Crippen molar-refractivity contribution in [2.75, 3.05) is 14.2 Å². The maximum absolute atomic E-state index is 11.8. The van der Waals surface area contributed by atoms with Gasteiger partial charge in [0.05, 0.1) is 24.8 Å². The lowest BCUT2D eigenvalue weighted by molar-refractivity contribution is 0.0959. The second-order valence-corrected chi connectivity index (χ2v) is 5.13. The van der Waals surface area contributed by atoms with E-state index in [4.69, 9.17) is 9.47 Å². The molecule has 1 heterocycles. The molecule has 0 bridgehead atoms. The number of nitrogens with zero attached hydrogens (tertiary/aromatic N) is 1. The van der Waals surface area contributed by atoms with Crippen molar-refractivity contribution in [3.05, 3.63) is 46.2 Å². The molecule has 1 aromatic carbocycles. The third-order valence-corrected chi connectivity index (χ3v) is 3.74. The number of benzene rings is 1. The topological polar surface area (TPSA) is 59.9 Å². The number of ether oxygens (including phenoxy) is 2. The molecule has 1 N–H and O–H groups in total. The number of carbonyl (C=O) groups excluding carboxylic acids is 1. The summed E-state index contributed by atoms with van der Waals surface area (Å²) in [5, 5.41) is 5.96. The highest BCUT2D eigenvalue weighted by atomic mass is 32.1. The van der Waals surface area contributed by atoms with E-state index >= 15 is 0 Å². The van der Waals surface area contributed by atoms with E-state index in [1.807, 2.05) is 23.6 Å². The van der Waals surface area contributed by atoms with Gasteiger partial charge in [0.1, 0.15) is 11.5 Å². The van der Waals surface area contributed by atoms with Crippen LogP contribution in [-0.4, -0.2) is 25.8 Å². The Morgan fingerprint density at radius 2 is 2.05 bits per heavy atom. The Morgan fingerprint density at radius 1 is 1.24 bits per heavy atom. The van der Waals surface area contributed by atoms with Crippen molar-refractivity contribution in [3.8, 4) is 11.5 Å². The van der Waals surface area contributed by atoms with Crippen molar-refractivity contribution in [2.24, 2.45) is 5.10 Å². The summed E-state index contributed by atoms with van der Waals surface area (Å²) in [5.41, 5.74) is 3.98. The highest BCUT2D eigenvalue weighted by Gasteiger charge is 2.09. The normalized spacial score (nSPS) is 11.1. The Bertz CT molecular complexity index is 651. The molecular weight excluding hydrogens is 288 g/mol. The Balaban J connectivity index is 2.17. The average Bonchev–Trinajstić information content (AvgIpc) is 3.06. The second kappa shape index (κ2) is 6.90. The fraction of sp³-hybridized carbons (Fsp3) is 0.200. The van der Waals surface area contributed by atoms with Crippen molar-refractivity contribution >= 4 is 23.0 Å². The van der Waals surface area contributed by atoms with Crippen molar-refractivity contribution in [1.82, 2.24) is 5.43 Å². The average molecular weight is 304 g/mol. The number of hydrazone groups is 1. The Labute approximate surface area is 127 Å². The monoisotopic (exact) mass is 304 g/mol. The van der Waals surface area contributed by atoms with Gasteiger partial charge in [-0.3, -0.25) is 4.79 Å². The van der Waals surface area contributed by atoms with Crippen LogP contribution >= 0.6 is 11.3 Å². The molecule has 0 radical (unpaired) electrons. The SMILES string of the molecule is COc1ccc(/C(C)=N/NC(=O)c2cccs2)c(OC)c1. The van der Waals surface area contributed by atoms with Gasteiger partial charge in [-0.1, -0.05) is 6.07 Å². The van der Waals surface area contributed by atoms with E-state index in [2.05, 4.69) is 10.5 Å². The number of thiophene rings is 1. The van der Waals surface area contributed by atoms with Crippen molar-refractivity contribution < 1.29 is 14.3 Å². The van der Waals surface area contributed by atoms with E-state index < -0.39 is 0 Å². The zero-order valence-corrected chi connectivity index (χ0v) is 12.9. The predicted molar refractivity (Wildman–Crippen MR) is 83.5 cm³/mol. The maximum atomic E-state index is 11.8. The molecule has 0 atom stereocenters. The largest absolute Gasteiger partial charge is 0.497 e. The highest BCUT2D eigenvalue weighted by molar-refractivity contribution is 7.12. The van der Waals surface area contributed by atoms with Crippen LogP contribution in [0.3, 0.4) is 0 Å². The molecular formula is C15H16N2O3S. The van der Waals surface area contributed by atoms with Crippen molar-refractivity contribution in [2.45, 2.75) is 6.92 Å². The Hall–Kier alpha value is -2.34. The molecule has 0 spiro atoms. The van der Waals surface area contributed by atoms with Gasteiger partial charge in [0.15, 0.2) is 0 Å². The number of hydrogen-bond donors (Lipinski definition) is 1. The van der Waals surface area contributed by atoms with Crippen LogP contribution in [0.1, 0.15) is 22.2 Å². The van der Waals surface area contributed by atoms with Gasteiger partial charge in [0.2, 0.25) is 0 Å². The van der Waals surface area contributed by atoms with E-state index in [0.29, 0.717) is 22.1 Å². The number of carbonyl (C=O) groups is 1. The minimum atomic E-state index is -0.225. The number of methoxy groups -OCH3 is 2. The minimum absolute atomic E-state index is 0.225. The van der Waals surface area contributed by atoms with E-state index in [1.54, 1.807) is 33.3 Å². The Morgan fingerprint density at radius 3 is 2.67 bits per heavy atom. The van der Waals surface area contributed by atoms with E-state index in [0.717, 1.165) is 5.56 Å². The fourth-order valence-electron chi connectivity index (χ4n) is 1.76. The summed E-state index contributed by atoms with van der Waals surface area (Å²) in [6.45, 7) is 1.80. The number of rotatable bonds is 5. The number of amides is 1. The number of nitrogens with one attached hydrogen (secondary N) is 1. The lowest BCUT2D eigenvalue weighted by Crippen LogP contribution is -2.18. The summed E-state index contributed by atoms with van der Waals surface area (Å²) >= 11 is 1.37. The van der Waals surface area contributed by atoms with Gasteiger partial charge in [0.25, 0.3) is 5.91 Å². The van der Waals surface area contributed by atoms with Crippen molar-refractivity contribution in [3.63, 3.8) is 0 Å². The van der Waals surface area contributed by atoms with Crippen LogP contribution in [0.2, 0.25) is 0 Å². The summed E-state index contributed by atoms with van der Waals surface area (Å²) in [6, 6.07) is 9.00. The first kappa shape index (κ1) is 15.1. The smallest absolute Gasteiger partial charge is 0.281 e. The van der Waals surface area contributed by atoms with Crippen LogP contribution < -0.4 is 14.9 Å². The molecule has 21 heavy (non-hydrogen) atoms. The minimum Gasteiger partial charge on any atom is -0.497 e. The van der Waals surface area contributed by atoms with E-state index in [9.17, 15) is 4.79 Å². The molecule has 5 nitrogen and oxygen atoms in total. The predicted octanol–water partition coefficient (Wildman–Crippen LogP) is 2.92. The molecule has 110 valence electrons. The first-order chi connectivity index (χ1) is 10.2. The molecule has 0 aliphatic carbocycles. The van der Waals surface area contributed by atoms with Gasteiger partial charge in [-0.15, -0.1) is 11.3 Å². The highest BCUT2D eigenvalue weighted by Crippen LogP contribution is 2.25. The summed E-state index contributed by atoms with van der Waals surface area (Å²) in [5.74, 6) is 1.11. The molecule has 0 aliphatic rings. The summed E-state index contributed by atoms with van der Waals surface area (Å²) < 4.78 is 10.5. The standard InChI is InChI=1S/C15H16N2O3S/c1-10(16-17-15(18)14-5-4-8-21-14)12-7-6-11(19-2)9-13(12)20-3/h4-9H,1-3H3,(H,17,18)/b16-10+. The molecule has 0 saturated heterocycles. The first-order valence-corrected chi connectivity index (χ1v) is 7.14. The summed E-state index contributed by atoms with van der Waals surface area (Å²) in [6.07, 6.45) is 0. The molecule has 0 saturated carbocycles. The van der Waals surface area contributed by atoms with Gasteiger partial charge >= 0.3 is 0 Å². The van der Waals surface area contributed by atoms with Crippen molar-refractivity contribution in [1.29, 1.82) is 0 Å². The molecule has 6 heteroatoms. The van der Waals surface area contributed by atoms with Gasteiger partial charge < -0.3 is 9.47 Å². The van der Waals surface area contributed by atoms with E-state index in [-0.39, 0.29) is 5.91 Å². The summed E-state index contributed by atoms with van der Waals surface area (Å²) in [4.78, 5) is 12.5. The fourth-order valence-corrected chi connectivity index (χ4v) is 2.37. The van der Waals surface area contributed by atoms with Crippen LogP contribution in [-0.2, 0) is 0 Å². The van der Waals surface area contributed by atoms with E-state index in [1.165, 1.54) is 11.3 Å². The molecule has 2 rings (SSSR count). The second-order valence-electron chi connectivity index (χ2n) is 4.18. The molecule has 0 aliphatic heterocycles. The van der Waals surface area contributed by atoms with Crippen LogP contribution in [0.25, 0.3) is 0 Å². The number of hydrogen-bond acceptors (Lipinski definition) is 5. The Kier molecular flexibility index (Phi) is 4.94. The van der Waals surface area contributed by atoms with Crippen LogP contribution in [0.15, 0.2) is 40.8 Å². The molecule has 1 amide bonds.